The molecule has 3 N–H and O–H groups in total. The van der Waals surface area contributed by atoms with Crippen LogP contribution in [-0.4, -0.2) is 33.8 Å². The molecule has 0 saturated carbocycles. The van der Waals surface area contributed by atoms with Crippen LogP contribution in [0.4, 0.5) is 13.6 Å². The average Bonchev–Trinajstić information content (AvgIpc) is 3.08. The van der Waals surface area contributed by atoms with Crippen molar-refractivity contribution in [1.82, 2.24) is 20.2 Å². The zero-order valence-corrected chi connectivity index (χ0v) is 14.5. The van der Waals surface area contributed by atoms with Crippen molar-refractivity contribution in [2.24, 2.45) is 0 Å². The van der Waals surface area contributed by atoms with E-state index in [-0.39, 0.29) is 12.1 Å². The van der Waals surface area contributed by atoms with E-state index >= 15 is 0 Å². The Morgan fingerprint density at radius 3 is 2.78 bits per heavy atom. The van der Waals surface area contributed by atoms with Gasteiger partial charge in [-0.15, -0.1) is 0 Å². The van der Waals surface area contributed by atoms with Crippen molar-refractivity contribution in [3.05, 3.63) is 66.0 Å². The Balaban J connectivity index is 1.39. The molecule has 0 saturated heterocycles. The highest BCUT2D eigenvalue weighted by Crippen LogP contribution is 2.15. The second-order valence-corrected chi connectivity index (χ2v) is 6.11. The molecular weight excluding hydrogens is 354 g/mol. The number of hydrogen-bond donors (Lipinski definition) is 3. The molecule has 0 radical (unpaired) electrons. The summed E-state index contributed by atoms with van der Waals surface area (Å²) in [6.45, 7) is 1.04. The van der Waals surface area contributed by atoms with Crippen LogP contribution in [-0.2, 0) is 6.54 Å². The number of amides is 2. The molecule has 6 nitrogen and oxygen atoms in total. The quantitative estimate of drug-likeness (QED) is 0.557. The van der Waals surface area contributed by atoms with Crippen molar-refractivity contribution in [2.45, 2.75) is 19.1 Å². The predicted octanol–water partition coefficient (Wildman–Crippen LogP) is 2.74. The Kier molecular flexibility index (Phi) is 5.97. The molecule has 0 unspecified atom stereocenters. The largest absolute Gasteiger partial charge is 0.387 e. The molecule has 2 aromatic carbocycles. The maximum absolute atomic E-state index is 13.2. The molecule has 8 heteroatoms. The Hall–Kier alpha value is -3.00. The van der Waals surface area contributed by atoms with Gasteiger partial charge < -0.3 is 20.3 Å². The number of carbonyl (C=O) groups excluding carboxylic acids is 1. The maximum atomic E-state index is 13.2. The Labute approximate surface area is 154 Å². The standard InChI is InChI=1S/C19H20F2N4O2/c20-14-7-6-13(10-15(14)21)18(26)11-23-19(27)22-8-3-9-25-12-24-16-4-1-2-5-17(16)25/h1-2,4-7,10,12,18,26H,3,8-9,11H2,(H2,22,23,27)/t18-/m1/s1. The number of aromatic nitrogens is 2. The SMILES string of the molecule is O=C(NCCCn1cnc2ccccc21)NC[C@@H](O)c1ccc(F)c(F)c1. The summed E-state index contributed by atoms with van der Waals surface area (Å²) in [5, 5.41) is 15.1. The summed E-state index contributed by atoms with van der Waals surface area (Å²) >= 11 is 0. The molecule has 0 spiro atoms. The molecule has 27 heavy (non-hydrogen) atoms. The molecule has 2 amide bonds. The number of aliphatic hydroxyl groups excluding tert-OH is 1. The minimum atomic E-state index is -1.12. The smallest absolute Gasteiger partial charge is 0.314 e. The van der Waals surface area contributed by atoms with Crippen LogP contribution < -0.4 is 10.6 Å². The lowest BCUT2D eigenvalue weighted by atomic mass is 10.1. The van der Waals surface area contributed by atoms with Gasteiger partial charge in [-0.2, -0.15) is 0 Å². The highest BCUT2D eigenvalue weighted by atomic mass is 19.2. The van der Waals surface area contributed by atoms with E-state index in [4.69, 9.17) is 0 Å². The topological polar surface area (TPSA) is 79.2 Å². The summed E-state index contributed by atoms with van der Waals surface area (Å²) in [6.07, 6.45) is 1.35. The molecule has 0 aliphatic carbocycles. The Morgan fingerprint density at radius 2 is 1.96 bits per heavy atom. The molecule has 142 valence electrons. The van der Waals surface area contributed by atoms with Crippen molar-refractivity contribution in [1.29, 1.82) is 0 Å². The Bertz CT molecular complexity index is 929. The molecule has 0 aliphatic rings. The number of benzene rings is 2. The first-order chi connectivity index (χ1) is 13.0. The predicted molar refractivity (Wildman–Crippen MR) is 97.1 cm³/mol. The van der Waals surface area contributed by atoms with E-state index in [1.807, 2.05) is 28.8 Å². The second kappa shape index (κ2) is 8.59. The van der Waals surface area contributed by atoms with Crippen molar-refractivity contribution < 1.29 is 18.7 Å². The van der Waals surface area contributed by atoms with E-state index in [1.54, 1.807) is 6.33 Å². The van der Waals surface area contributed by atoms with Crippen molar-refractivity contribution in [3.63, 3.8) is 0 Å². The minimum absolute atomic E-state index is 0.108. The number of aryl methyl sites for hydroxylation is 1. The molecule has 1 aromatic heterocycles. The van der Waals surface area contributed by atoms with Crippen molar-refractivity contribution in [2.75, 3.05) is 13.1 Å². The summed E-state index contributed by atoms with van der Waals surface area (Å²) < 4.78 is 28.1. The van der Waals surface area contributed by atoms with Crippen LogP contribution >= 0.6 is 0 Å². The van der Waals surface area contributed by atoms with Crippen LogP contribution in [0.1, 0.15) is 18.1 Å². The van der Waals surface area contributed by atoms with Gasteiger partial charge in [0.05, 0.1) is 23.5 Å². The minimum Gasteiger partial charge on any atom is -0.387 e. The van der Waals surface area contributed by atoms with Crippen LogP contribution in [0, 0.1) is 11.6 Å². The van der Waals surface area contributed by atoms with Gasteiger partial charge in [0.2, 0.25) is 0 Å². The lowest BCUT2D eigenvalue weighted by Gasteiger charge is -2.13. The first-order valence-corrected chi connectivity index (χ1v) is 8.59. The van der Waals surface area contributed by atoms with E-state index in [0.717, 1.165) is 23.2 Å². The monoisotopic (exact) mass is 374 g/mol. The molecule has 0 aliphatic heterocycles. The van der Waals surface area contributed by atoms with Gasteiger partial charge >= 0.3 is 6.03 Å². The van der Waals surface area contributed by atoms with Crippen molar-refractivity contribution in [3.8, 4) is 0 Å². The third-order valence-corrected chi connectivity index (χ3v) is 4.17. The first-order valence-electron chi connectivity index (χ1n) is 8.59. The highest BCUT2D eigenvalue weighted by Gasteiger charge is 2.12. The van der Waals surface area contributed by atoms with Gasteiger partial charge in [0.15, 0.2) is 11.6 Å². The van der Waals surface area contributed by atoms with Crippen LogP contribution in [0.3, 0.4) is 0 Å². The van der Waals surface area contributed by atoms with Crippen LogP contribution in [0.15, 0.2) is 48.8 Å². The lowest BCUT2D eigenvalue weighted by Crippen LogP contribution is -2.38. The maximum Gasteiger partial charge on any atom is 0.314 e. The number of aliphatic hydroxyl groups is 1. The third-order valence-electron chi connectivity index (χ3n) is 4.17. The molecule has 3 aromatic rings. The number of nitrogens with one attached hydrogen (secondary N) is 2. The van der Waals surface area contributed by atoms with Gasteiger partial charge in [0, 0.05) is 19.6 Å². The van der Waals surface area contributed by atoms with Gasteiger partial charge in [0.1, 0.15) is 0 Å². The zero-order chi connectivity index (χ0) is 19.2. The summed E-state index contributed by atoms with van der Waals surface area (Å²) in [6, 6.07) is 10.5. The van der Waals surface area contributed by atoms with Gasteiger partial charge in [-0.3, -0.25) is 0 Å². The van der Waals surface area contributed by atoms with Crippen LogP contribution in [0.2, 0.25) is 0 Å². The number of rotatable bonds is 7. The molecule has 3 rings (SSSR count). The second-order valence-electron chi connectivity index (χ2n) is 6.11. The number of fused-ring (bicyclic) bond motifs is 1. The summed E-state index contributed by atoms with van der Waals surface area (Å²) in [5.41, 5.74) is 2.16. The number of para-hydroxylation sites is 2. The lowest BCUT2D eigenvalue weighted by molar-refractivity contribution is 0.172. The van der Waals surface area contributed by atoms with E-state index < -0.39 is 23.8 Å². The van der Waals surface area contributed by atoms with Gasteiger partial charge in [-0.1, -0.05) is 18.2 Å². The third kappa shape index (κ3) is 4.79. The average molecular weight is 374 g/mol. The van der Waals surface area contributed by atoms with Gasteiger partial charge in [-0.25, -0.2) is 18.6 Å². The van der Waals surface area contributed by atoms with Crippen LogP contribution in [0.25, 0.3) is 11.0 Å². The van der Waals surface area contributed by atoms with Gasteiger partial charge in [0.25, 0.3) is 0 Å². The molecule has 1 atom stereocenters. The first kappa shape index (κ1) is 18.8. The fraction of sp³-hybridized carbons (Fsp3) is 0.263. The zero-order valence-electron chi connectivity index (χ0n) is 14.5. The number of imidazole rings is 1. The number of hydrogen-bond acceptors (Lipinski definition) is 3. The van der Waals surface area contributed by atoms with Crippen LogP contribution in [0.5, 0.6) is 0 Å². The molecular formula is C19H20F2N4O2. The molecule has 1 heterocycles. The van der Waals surface area contributed by atoms with E-state index in [9.17, 15) is 18.7 Å². The van der Waals surface area contributed by atoms with E-state index in [2.05, 4.69) is 15.6 Å². The summed E-state index contributed by atoms with van der Waals surface area (Å²) in [7, 11) is 0. The number of urea groups is 1. The molecule has 0 bridgehead atoms. The summed E-state index contributed by atoms with van der Waals surface area (Å²) in [4.78, 5) is 16.1. The van der Waals surface area contributed by atoms with E-state index in [0.29, 0.717) is 19.5 Å². The number of halogens is 2. The molecule has 0 fully saturated rings. The van der Waals surface area contributed by atoms with E-state index in [1.165, 1.54) is 6.07 Å². The fourth-order valence-electron chi connectivity index (χ4n) is 2.73. The van der Waals surface area contributed by atoms with Crippen molar-refractivity contribution >= 4 is 17.1 Å². The highest BCUT2D eigenvalue weighted by molar-refractivity contribution is 5.75. The van der Waals surface area contributed by atoms with Gasteiger partial charge in [-0.05, 0) is 36.2 Å². The summed E-state index contributed by atoms with van der Waals surface area (Å²) in [5.74, 6) is -2.02. The fourth-order valence-corrected chi connectivity index (χ4v) is 2.73. The number of nitrogens with zero attached hydrogens (tertiary/aromatic N) is 2. The Morgan fingerprint density at radius 1 is 1.15 bits per heavy atom. The number of carbonyl (C=O) groups is 1. The normalized spacial score (nSPS) is 12.1.